The van der Waals surface area contributed by atoms with E-state index >= 15 is 0 Å². The number of rotatable bonds is 5. The van der Waals surface area contributed by atoms with Gasteiger partial charge >= 0.3 is 0 Å². The summed E-state index contributed by atoms with van der Waals surface area (Å²) in [5.41, 5.74) is 4.96. The van der Waals surface area contributed by atoms with E-state index in [1.807, 2.05) is 38.6 Å². The third-order valence-corrected chi connectivity index (χ3v) is 6.01. The van der Waals surface area contributed by atoms with Crippen LogP contribution in [-0.4, -0.2) is 55.0 Å². The highest BCUT2D eigenvalue weighted by Crippen LogP contribution is 2.20. The maximum absolute atomic E-state index is 12.6. The standard InChI is InChI=1S/C21H26N6OS/c1-14-4-5-17(13-26-6-8-29-9-7-26)11-18(14)23-20(28)12-19-24-21-22-15(2)10-16(3)27(21)25-19/h4-5,10-11H,6-9,12-13H2,1-3H3,(H,23,28). The molecule has 0 atom stereocenters. The number of benzene rings is 1. The molecule has 1 N–H and O–H groups in total. The van der Waals surface area contributed by atoms with Crippen LogP contribution < -0.4 is 5.32 Å². The van der Waals surface area contributed by atoms with Crippen molar-refractivity contribution < 1.29 is 4.79 Å². The average molecular weight is 411 g/mol. The van der Waals surface area contributed by atoms with E-state index in [-0.39, 0.29) is 12.3 Å². The highest BCUT2D eigenvalue weighted by molar-refractivity contribution is 7.99. The maximum Gasteiger partial charge on any atom is 0.252 e. The summed E-state index contributed by atoms with van der Waals surface area (Å²) in [5, 5.41) is 7.46. The van der Waals surface area contributed by atoms with Crippen LogP contribution in [0.3, 0.4) is 0 Å². The van der Waals surface area contributed by atoms with E-state index in [1.165, 1.54) is 17.1 Å². The SMILES string of the molecule is Cc1cc(C)n2nc(CC(=O)Nc3cc(CN4CCSCC4)ccc3C)nc2n1. The molecule has 7 nitrogen and oxygen atoms in total. The van der Waals surface area contributed by atoms with Crippen LogP contribution in [0.15, 0.2) is 24.3 Å². The fourth-order valence-electron chi connectivity index (χ4n) is 3.54. The molecule has 4 rings (SSSR count). The van der Waals surface area contributed by atoms with Crippen molar-refractivity contribution in [2.75, 3.05) is 29.9 Å². The Morgan fingerprint density at radius 2 is 1.93 bits per heavy atom. The minimum atomic E-state index is -0.120. The summed E-state index contributed by atoms with van der Waals surface area (Å²) in [5.74, 6) is 3.27. The van der Waals surface area contributed by atoms with Crippen LogP contribution >= 0.6 is 11.8 Å². The van der Waals surface area contributed by atoms with Gasteiger partial charge in [-0.25, -0.2) is 9.50 Å². The monoisotopic (exact) mass is 410 g/mol. The zero-order valence-corrected chi connectivity index (χ0v) is 17.9. The third-order valence-electron chi connectivity index (χ3n) is 5.07. The van der Waals surface area contributed by atoms with Gasteiger partial charge in [0, 0.05) is 48.2 Å². The number of nitrogens with zero attached hydrogens (tertiary/aromatic N) is 5. The average Bonchev–Trinajstić information content (AvgIpc) is 3.07. The van der Waals surface area contributed by atoms with Crippen LogP contribution in [0.25, 0.3) is 5.78 Å². The summed E-state index contributed by atoms with van der Waals surface area (Å²) >= 11 is 2.01. The van der Waals surface area contributed by atoms with E-state index in [1.54, 1.807) is 4.52 Å². The van der Waals surface area contributed by atoms with Crippen LogP contribution in [-0.2, 0) is 17.8 Å². The molecule has 8 heteroatoms. The van der Waals surface area contributed by atoms with E-state index in [9.17, 15) is 4.79 Å². The number of hydrogen-bond acceptors (Lipinski definition) is 6. The molecule has 0 spiro atoms. The van der Waals surface area contributed by atoms with Crippen LogP contribution in [0, 0.1) is 20.8 Å². The normalized spacial score (nSPS) is 15.0. The van der Waals surface area contributed by atoms with Crippen molar-refractivity contribution in [3.63, 3.8) is 0 Å². The van der Waals surface area contributed by atoms with Crippen molar-refractivity contribution in [2.24, 2.45) is 0 Å². The van der Waals surface area contributed by atoms with E-state index in [0.717, 1.165) is 42.3 Å². The van der Waals surface area contributed by atoms with Crippen molar-refractivity contribution >= 4 is 29.1 Å². The lowest BCUT2D eigenvalue weighted by atomic mass is 10.1. The lowest BCUT2D eigenvalue weighted by Gasteiger charge is -2.26. The first-order valence-electron chi connectivity index (χ1n) is 9.87. The van der Waals surface area contributed by atoms with Gasteiger partial charge in [-0.2, -0.15) is 16.7 Å². The number of carbonyl (C=O) groups excluding carboxylic acids is 1. The Morgan fingerprint density at radius 1 is 1.14 bits per heavy atom. The van der Waals surface area contributed by atoms with Gasteiger partial charge in [-0.3, -0.25) is 9.69 Å². The zero-order chi connectivity index (χ0) is 20.4. The van der Waals surface area contributed by atoms with E-state index in [2.05, 4.69) is 43.5 Å². The Morgan fingerprint density at radius 3 is 2.72 bits per heavy atom. The van der Waals surface area contributed by atoms with Crippen molar-refractivity contribution in [1.82, 2.24) is 24.5 Å². The fourth-order valence-corrected chi connectivity index (χ4v) is 4.52. The smallest absolute Gasteiger partial charge is 0.252 e. The fraction of sp³-hybridized carbons (Fsp3) is 0.429. The van der Waals surface area contributed by atoms with Crippen molar-refractivity contribution in [3.05, 3.63) is 52.6 Å². The summed E-state index contributed by atoms with van der Waals surface area (Å²) in [6.45, 7) is 9.04. The molecule has 1 fully saturated rings. The molecule has 152 valence electrons. The van der Waals surface area contributed by atoms with E-state index in [4.69, 9.17) is 0 Å². The van der Waals surface area contributed by atoms with Crippen LogP contribution in [0.1, 0.15) is 28.3 Å². The third kappa shape index (κ3) is 4.76. The molecule has 0 aliphatic carbocycles. The van der Waals surface area contributed by atoms with Crippen molar-refractivity contribution in [3.8, 4) is 0 Å². The first-order chi connectivity index (χ1) is 14.0. The quantitative estimate of drug-likeness (QED) is 0.697. The van der Waals surface area contributed by atoms with Gasteiger partial charge in [0.05, 0.1) is 6.42 Å². The number of thioether (sulfide) groups is 1. The Balaban J connectivity index is 1.45. The molecule has 2 aromatic heterocycles. The second-order valence-electron chi connectivity index (χ2n) is 7.54. The zero-order valence-electron chi connectivity index (χ0n) is 17.1. The lowest BCUT2D eigenvalue weighted by molar-refractivity contribution is -0.115. The number of amides is 1. The molecule has 0 unspecified atom stereocenters. The number of aryl methyl sites for hydroxylation is 3. The van der Waals surface area contributed by atoms with Crippen LogP contribution in [0.5, 0.6) is 0 Å². The highest BCUT2D eigenvalue weighted by atomic mass is 32.2. The van der Waals surface area contributed by atoms with Gasteiger partial charge in [0.15, 0.2) is 5.82 Å². The van der Waals surface area contributed by atoms with Gasteiger partial charge < -0.3 is 5.32 Å². The second kappa shape index (κ2) is 8.51. The maximum atomic E-state index is 12.6. The first kappa shape index (κ1) is 19.8. The van der Waals surface area contributed by atoms with Gasteiger partial charge in [-0.05, 0) is 44.0 Å². The Kier molecular flexibility index (Phi) is 5.82. The predicted octanol–water partition coefficient (Wildman–Crippen LogP) is 2.78. The molecular formula is C21H26N6OS. The van der Waals surface area contributed by atoms with Gasteiger partial charge in [0.2, 0.25) is 5.91 Å². The van der Waals surface area contributed by atoms with Crippen LogP contribution in [0.2, 0.25) is 0 Å². The molecule has 3 aromatic rings. The first-order valence-corrected chi connectivity index (χ1v) is 11.0. The molecular weight excluding hydrogens is 384 g/mol. The Labute approximate surface area is 174 Å². The summed E-state index contributed by atoms with van der Waals surface area (Å²) in [7, 11) is 0. The number of nitrogens with one attached hydrogen (secondary N) is 1. The van der Waals surface area contributed by atoms with Gasteiger partial charge in [0.25, 0.3) is 5.78 Å². The molecule has 1 aliphatic heterocycles. The van der Waals surface area contributed by atoms with Crippen molar-refractivity contribution in [1.29, 1.82) is 0 Å². The molecule has 0 bridgehead atoms. The van der Waals surface area contributed by atoms with Crippen molar-refractivity contribution in [2.45, 2.75) is 33.7 Å². The van der Waals surface area contributed by atoms with Gasteiger partial charge in [0.1, 0.15) is 0 Å². The molecule has 3 heterocycles. The predicted molar refractivity (Wildman–Crippen MR) is 116 cm³/mol. The van der Waals surface area contributed by atoms with Gasteiger partial charge in [-0.1, -0.05) is 12.1 Å². The molecule has 1 aromatic carbocycles. The number of hydrogen-bond donors (Lipinski definition) is 1. The molecule has 1 aliphatic rings. The van der Waals surface area contributed by atoms with Crippen LogP contribution in [0.4, 0.5) is 5.69 Å². The molecule has 0 saturated carbocycles. The number of aromatic nitrogens is 4. The summed E-state index contributed by atoms with van der Waals surface area (Å²) < 4.78 is 1.68. The highest BCUT2D eigenvalue weighted by Gasteiger charge is 2.14. The molecule has 0 radical (unpaired) electrons. The summed E-state index contributed by atoms with van der Waals surface area (Å²) in [6.07, 6.45) is 0.120. The molecule has 1 amide bonds. The number of carbonyl (C=O) groups is 1. The number of fused-ring (bicyclic) bond motifs is 1. The van der Waals surface area contributed by atoms with Gasteiger partial charge in [-0.15, -0.1) is 5.10 Å². The Bertz CT molecular complexity index is 1040. The molecule has 29 heavy (non-hydrogen) atoms. The topological polar surface area (TPSA) is 75.4 Å². The largest absolute Gasteiger partial charge is 0.325 e. The Hall–Kier alpha value is -2.45. The van der Waals surface area contributed by atoms with E-state index in [0.29, 0.717) is 11.6 Å². The minimum absolute atomic E-state index is 0.120. The molecule has 1 saturated heterocycles. The summed E-state index contributed by atoms with van der Waals surface area (Å²) in [6, 6.07) is 8.25. The lowest BCUT2D eigenvalue weighted by Crippen LogP contribution is -2.32. The van der Waals surface area contributed by atoms with E-state index < -0.39 is 0 Å². The number of anilines is 1. The minimum Gasteiger partial charge on any atom is -0.325 e. The second-order valence-corrected chi connectivity index (χ2v) is 8.77. The summed E-state index contributed by atoms with van der Waals surface area (Å²) in [4.78, 5) is 23.9.